The first kappa shape index (κ1) is 22.6. The lowest BCUT2D eigenvalue weighted by Crippen LogP contribution is -2.26. The fraction of sp³-hybridized carbons (Fsp3) is 0.385. The number of rotatable bonds is 11. The summed E-state index contributed by atoms with van der Waals surface area (Å²) in [5.74, 6) is 0.819. The number of unbranched alkanes of at least 4 members (excludes halogenated alkanes) is 2. The molecule has 1 amide bonds. The molecule has 0 aliphatic carbocycles. The van der Waals surface area contributed by atoms with Gasteiger partial charge in [0.25, 0.3) is 0 Å². The van der Waals surface area contributed by atoms with E-state index < -0.39 is 0 Å². The van der Waals surface area contributed by atoms with Crippen molar-refractivity contribution >= 4 is 29.1 Å². The number of nitrogens with one attached hydrogen (secondary N) is 1. The molecule has 0 atom stereocenters. The van der Waals surface area contributed by atoms with Gasteiger partial charge in [-0.2, -0.15) is 0 Å². The topological polar surface area (TPSA) is 53.9 Å². The number of nitrogens with zero attached hydrogens (tertiary/aromatic N) is 2. The molecule has 5 heteroatoms. The first-order chi connectivity index (χ1) is 15.2. The van der Waals surface area contributed by atoms with Gasteiger partial charge >= 0.3 is 0 Å². The fourth-order valence-electron chi connectivity index (χ4n) is 3.75. The summed E-state index contributed by atoms with van der Waals surface area (Å²) >= 11 is 0. The Bertz CT molecular complexity index is 963. The third-order valence-corrected chi connectivity index (χ3v) is 5.50. The van der Waals surface area contributed by atoms with E-state index in [0.717, 1.165) is 56.5 Å². The minimum Gasteiger partial charge on any atom is -0.497 e. The standard InChI is InChI=1S/C26H33N3O2/c1-3-4-8-24-21(9-10-22-19-23(31-2)12-13-25(22)24)11-14-26(30)28-16-5-6-17-29-18-7-15-27-20-29/h7,9-15,19-20H,3-6,8,16-18H2,1-2H3,(H,28,30)/b14-11+. The van der Waals surface area contributed by atoms with Crippen LogP contribution in [0.3, 0.4) is 0 Å². The number of benzene rings is 2. The van der Waals surface area contributed by atoms with E-state index in [9.17, 15) is 4.79 Å². The van der Waals surface area contributed by atoms with E-state index >= 15 is 0 Å². The lowest BCUT2D eigenvalue weighted by atomic mass is 9.94. The van der Waals surface area contributed by atoms with Crippen LogP contribution in [-0.4, -0.2) is 43.9 Å². The van der Waals surface area contributed by atoms with Crippen LogP contribution < -0.4 is 10.1 Å². The normalized spacial score (nSPS) is 13.3. The molecular weight excluding hydrogens is 386 g/mol. The van der Waals surface area contributed by atoms with E-state index in [-0.39, 0.29) is 5.91 Å². The minimum atomic E-state index is -0.0428. The fourth-order valence-corrected chi connectivity index (χ4v) is 3.75. The van der Waals surface area contributed by atoms with Crippen LogP contribution in [-0.2, 0) is 11.2 Å². The van der Waals surface area contributed by atoms with Crippen molar-refractivity contribution in [3.63, 3.8) is 0 Å². The number of aryl methyl sites for hydroxylation is 1. The van der Waals surface area contributed by atoms with Crippen LogP contribution in [0.4, 0.5) is 0 Å². The van der Waals surface area contributed by atoms with Crippen LogP contribution in [0.25, 0.3) is 16.8 Å². The molecule has 0 saturated heterocycles. The second-order valence-electron chi connectivity index (χ2n) is 7.80. The summed E-state index contributed by atoms with van der Waals surface area (Å²) in [5.41, 5.74) is 2.40. The summed E-state index contributed by atoms with van der Waals surface area (Å²) in [5, 5.41) is 5.39. The number of hydrogen-bond donors (Lipinski definition) is 1. The molecule has 0 aromatic heterocycles. The molecule has 1 N–H and O–H groups in total. The van der Waals surface area contributed by atoms with Gasteiger partial charge in [-0.15, -0.1) is 0 Å². The van der Waals surface area contributed by atoms with Gasteiger partial charge in [0.05, 0.1) is 13.4 Å². The summed E-state index contributed by atoms with van der Waals surface area (Å²) in [4.78, 5) is 18.6. The highest BCUT2D eigenvalue weighted by Gasteiger charge is 2.08. The largest absolute Gasteiger partial charge is 0.497 e. The van der Waals surface area contributed by atoms with Gasteiger partial charge in [0.2, 0.25) is 5.91 Å². The average molecular weight is 420 g/mol. The van der Waals surface area contributed by atoms with Gasteiger partial charge in [-0.25, -0.2) is 4.99 Å². The van der Waals surface area contributed by atoms with Crippen LogP contribution in [0.1, 0.15) is 43.7 Å². The molecule has 1 aliphatic heterocycles. The molecule has 164 valence electrons. The highest BCUT2D eigenvalue weighted by atomic mass is 16.5. The molecule has 1 heterocycles. The Hall–Kier alpha value is -3.08. The van der Waals surface area contributed by atoms with Crippen molar-refractivity contribution in [2.45, 2.75) is 39.0 Å². The summed E-state index contributed by atoms with van der Waals surface area (Å²) in [6.07, 6.45) is 14.6. The van der Waals surface area contributed by atoms with Crippen molar-refractivity contribution in [1.29, 1.82) is 0 Å². The maximum absolute atomic E-state index is 12.3. The predicted octanol–water partition coefficient (Wildman–Crippen LogP) is 4.96. The highest BCUT2D eigenvalue weighted by Crippen LogP contribution is 2.28. The van der Waals surface area contributed by atoms with Crippen molar-refractivity contribution in [1.82, 2.24) is 10.2 Å². The first-order valence-electron chi connectivity index (χ1n) is 11.2. The molecule has 0 bridgehead atoms. The van der Waals surface area contributed by atoms with Crippen molar-refractivity contribution in [2.24, 2.45) is 4.99 Å². The van der Waals surface area contributed by atoms with E-state index in [4.69, 9.17) is 4.74 Å². The Morgan fingerprint density at radius 2 is 2.13 bits per heavy atom. The Kier molecular flexibility index (Phi) is 8.71. The number of carbonyl (C=O) groups is 1. The molecule has 0 spiro atoms. The molecule has 2 aromatic carbocycles. The molecule has 31 heavy (non-hydrogen) atoms. The lowest BCUT2D eigenvalue weighted by molar-refractivity contribution is -0.116. The van der Waals surface area contributed by atoms with E-state index in [1.165, 1.54) is 16.3 Å². The molecule has 1 aliphatic rings. The molecule has 5 nitrogen and oxygen atoms in total. The highest BCUT2D eigenvalue weighted by molar-refractivity contribution is 5.94. The number of methoxy groups -OCH3 is 1. The van der Waals surface area contributed by atoms with Gasteiger partial charge in [-0.3, -0.25) is 4.79 Å². The zero-order chi connectivity index (χ0) is 21.9. The second kappa shape index (κ2) is 11.9. The Morgan fingerprint density at radius 3 is 2.90 bits per heavy atom. The zero-order valence-electron chi connectivity index (χ0n) is 18.6. The molecule has 0 saturated carbocycles. The van der Waals surface area contributed by atoms with E-state index in [2.05, 4.69) is 46.4 Å². The quantitative estimate of drug-likeness (QED) is 0.414. The Morgan fingerprint density at radius 1 is 1.23 bits per heavy atom. The minimum absolute atomic E-state index is 0.0428. The Labute approximate surface area is 185 Å². The first-order valence-corrected chi connectivity index (χ1v) is 11.2. The third-order valence-electron chi connectivity index (χ3n) is 5.50. The smallest absolute Gasteiger partial charge is 0.243 e. The SMILES string of the molecule is CCCCc1c(/C=C/C(=O)NCCCCN2C=NC=CC2)ccc2cc(OC)ccc12. The summed E-state index contributed by atoms with van der Waals surface area (Å²) in [6.45, 7) is 4.76. The summed E-state index contributed by atoms with van der Waals surface area (Å²) in [6, 6.07) is 10.4. The Balaban J connectivity index is 1.56. The number of ether oxygens (including phenoxy) is 1. The number of carbonyl (C=O) groups excluding carboxylic acids is 1. The van der Waals surface area contributed by atoms with E-state index in [0.29, 0.717) is 6.54 Å². The summed E-state index contributed by atoms with van der Waals surface area (Å²) < 4.78 is 5.36. The van der Waals surface area contributed by atoms with Crippen LogP contribution >= 0.6 is 0 Å². The molecule has 3 rings (SSSR count). The second-order valence-corrected chi connectivity index (χ2v) is 7.80. The van der Waals surface area contributed by atoms with Gasteiger partial charge in [0.1, 0.15) is 5.75 Å². The molecule has 0 fully saturated rings. The van der Waals surface area contributed by atoms with E-state index in [1.807, 2.05) is 30.8 Å². The van der Waals surface area contributed by atoms with Gasteiger partial charge in [-0.1, -0.05) is 31.5 Å². The van der Waals surface area contributed by atoms with Crippen LogP contribution in [0, 0.1) is 0 Å². The molecule has 2 aromatic rings. The third kappa shape index (κ3) is 6.71. The van der Waals surface area contributed by atoms with Gasteiger partial charge < -0.3 is 15.0 Å². The van der Waals surface area contributed by atoms with Crippen LogP contribution in [0.2, 0.25) is 0 Å². The van der Waals surface area contributed by atoms with Crippen LogP contribution in [0.15, 0.2) is 53.7 Å². The van der Waals surface area contributed by atoms with Crippen molar-refractivity contribution in [2.75, 3.05) is 26.7 Å². The maximum atomic E-state index is 12.3. The molecular formula is C26H33N3O2. The van der Waals surface area contributed by atoms with Gasteiger partial charge in [-0.05, 0) is 71.9 Å². The average Bonchev–Trinajstić information content (AvgIpc) is 2.81. The number of fused-ring (bicyclic) bond motifs is 1. The van der Waals surface area contributed by atoms with E-state index in [1.54, 1.807) is 13.2 Å². The zero-order valence-corrected chi connectivity index (χ0v) is 18.6. The number of amides is 1. The van der Waals surface area contributed by atoms with Crippen molar-refractivity contribution in [3.8, 4) is 5.75 Å². The summed E-state index contributed by atoms with van der Waals surface area (Å²) in [7, 11) is 1.69. The van der Waals surface area contributed by atoms with Crippen LogP contribution in [0.5, 0.6) is 5.75 Å². The van der Waals surface area contributed by atoms with Crippen molar-refractivity contribution in [3.05, 3.63) is 59.8 Å². The monoisotopic (exact) mass is 419 g/mol. The molecule has 0 unspecified atom stereocenters. The van der Waals surface area contributed by atoms with Gasteiger partial charge in [0, 0.05) is 31.9 Å². The number of hydrogen-bond acceptors (Lipinski definition) is 4. The molecule has 0 radical (unpaired) electrons. The maximum Gasteiger partial charge on any atom is 0.243 e. The number of aliphatic imine (C=N–C) groups is 1. The lowest BCUT2D eigenvalue weighted by Gasteiger charge is -2.18. The van der Waals surface area contributed by atoms with Crippen molar-refractivity contribution < 1.29 is 9.53 Å². The predicted molar refractivity (Wildman–Crippen MR) is 130 cm³/mol. The van der Waals surface area contributed by atoms with Gasteiger partial charge in [0.15, 0.2) is 0 Å².